The van der Waals surface area contributed by atoms with Crippen molar-refractivity contribution < 1.29 is 19.1 Å². The van der Waals surface area contributed by atoms with Crippen LogP contribution in [0.25, 0.3) is 21.9 Å². The van der Waals surface area contributed by atoms with Crippen molar-refractivity contribution in [3.8, 4) is 0 Å². The lowest BCUT2D eigenvalue weighted by Gasteiger charge is -2.33. The molecular weight excluding hydrogens is 570 g/mol. The normalized spacial score (nSPS) is 17.4. The van der Waals surface area contributed by atoms with E-state index in [4.69, 9.17) is 9.47 Å². The quantitative estimate of drug-likeness (QED) is 0.269. The van der Waals surface area contributed by atoms with Gasteiger partial charge in [-0.25, -0.2) is 4.68 Å². The number of nitrogens with zero attached hydrogens (tertiary/aromatic N) is 6. The minimum atomic E-state index is -0.976. The molecule has 3 aromatic carbocycles. The van der Waals surface area contributed by atoms with Crippen LogP contribution < -0.4 is 15.1 Å². The van der Waals surface area contributed by atoms with E-state index in [1.807, 2.05) is 78.9 Å². The van der Waals surface area contributed by atoms with Crippen molar-refractivity contribution >= 4 is 45.1 Å². The molecule has 0 spiro atoms. The highest BCUT2D eigenvalue weighted by molar-refractivity contribution is 6.02. The number of amides is 2. The average Bonchev–Trinajstić information content (AvgIpc) is 3.77. The summed E-state index contributed by atoms with van der Waals surface area (Å²) < 4.78 is 12.9. The molecular formula is C34H35N7O4. The first kappa shape index (κ1) is 28.9. The Morgan fingerprint density at radius 2 is 1.73 bits per heavy atom. The number of morpholine rings is 1. The minimum absolute atomic E-state index is 0.0497. The topological polar surface area (TPSA) is 115 Å². The van der Waals surface area contributed by atoms with E-state index in [-0.39, 0.29) is 24.5 Å². The predicted molar refractivity (Wildman–Crippen MR) is 171 cm³/mol. The van der Waals surface area contributed by atoms with Gasteiger partial charge in [0.15, 0.2) is 0 Å². The first-order valence-corrected chi connectivity index (χ1v) is 15.4. The van der Waals surface area contributed by atoms with E-state index in [1.54, 1.807) is 15.8 Å². The summed E-state index contributed by atoms with van der Waals surface area (Å²) >= 11 is 0. The molecule has 0 unspecified atom stereocenters. The monoisotopic (exact) mass is 605 g/mol. The van der Waals surface area contributed by atoms with Gasteiger partial charge >= 0.3 is 0 Å². The van der Waals surface area contributed by atoms with E-state index < -0.39 is 6.04 Å². The van der Waals surface area contributed by atoms with E-state index in [2.05, 4.69) is 25.5 Å². The Bertz CT molecular complexity index is 1800. The van der Waals surface area contributed by atoms with Gasteiger partial charge in [-0.1, -0.05) is 47.7 Å². The molecule has 0 aliphatic carbocycles. The summed E-state index contributed by atoms with van der Waals surface area (Å²) in [5, 5.41) is 12.4. The van der Waals surface area contributed by atoms with Crippen molar-refractivity contribution in [1.82, 2.24) is 25.3 Å². The summed E-state index contributed by atoms with van der Waals surface area (Å²) in [4.78, 5) is 37.2. The Morgan fingerprint density at radius 1 is 0.956 bits per heavy atom. The molecule has 0 bridgehead atoms. The summed E-state index contributed by atoms with van der Waals surface area (Å²) in [5.74, 6) is -0.619. The molecule has 0 radical (unpaired) electrons. The number of fused-ring (bicyclic) bond motifs is 2. The van der Waals surface area contributed by atoms with Gasteiger partial charge in [0, 0.05) is 37.3 Å². The summed E-state index contributed by atoms with van der Waals surface area (Å²) in [6, 6.07) is 24.0. The molecule has 11 nitrogen and oxygen atoms in total. The fourth-order valence-corrected chi connectivity index (χ4v) is 6.09. The summed E-state index contributed by atoms with van der Waals surface area (Å²) in [7, 11) is 0. The molecule has 4 heterocycles. The van der Waals surface area contributed by atoms with Crippen LogP contribution in [0.5, 0.6) is 0 Å². The Kier molecular flexibility index (Phi) is 8.35. The molecule has 2 atom stereocenters. The molecule has 5 aromatic rings. The van der Waals surface area contributed by atoms with Crippen molar-refractivity contribution in [2.24, 2.45) is 0 Å². The number of nitrogens with one attached hydrogen (secondary N) is 1. The molecule has 1 N–H and O–H groups in total. The maximum atomic E-state index is 14.5. The molecule has 2 fully saturated rings. The first-order valence-electron chi connectivity index (χ1n) is 15.4. The molecule has 2 aromatic heterocycles. The van der Waals surface area contributed by atoms with Crippen LogP contribution in [-0.2, 0) is 25.6 Å². The van der Waals surface area contributed by atoms with Gasteiger partial charge in [-0.15, -0.1) is 5.10 Å². The smallest absolute Gasteiger partial charge is 0.249 e. The Balaban J connectivity index is 1.29. The molecule has 2 saturated heterocycles. The van der Waals surface area contributed by atoms with Crippen molar-refractivity contribution in [3.63, 3.8) is 0 Å². The molecule has 230 valence electrons. The van der Waals surface area contributed by atoms with Crippen molar-refractivity contribution in [2.75, 3.05) is 49.3 Å². The maximum Gasteiger partial charge on any atom is 0.249 e. The Morgan fingerprint density at radius 3 is 2.53 bits per heavy atom. The highest BCUT2D eigenvalue weighted by atomic mass is 16.5. The standard InChI is InChI=1S/C34H35N7O4/c42-32(23-40-31-10-4-3-9-30(31)37-38-40)41(27-20-25-6-1-2-8-29(25)35-21-27)33(34(43)36-22-28-7-5-17-45-28)24-11-13-26(14-12-24)39-15-18-44-19-16-39/h1-4,6,8-14,20-21,28,33H,5,7,15-19,22-23H2,(H,36,43)/t28-,33-/m1/s1. The van der Waals surface area contributed by atoms with Crippen LogP contribution in [0.15, 0.2) is 85.1 Å². The van der Waals surface area contributed by atoms with Gasteiger partial charge in [-0.3, -0.25) is 19.5 Å². The van der Waals surface area contributed by atoms with Crippen LogP contribution in [0.2, 0.25) is 0 Å². The third-order valence-electron chi connectivity index (χ3n) is 8.45. The predicted octanol–water partition coefficient (Wildman–Crippen LogP) is 3.89. The largest absolute Gasteiger partial charge is 0.378 e. The van der Waals surface area contributed by atoms with Crippen LogP contribution in [-0.4, -0.2) is 77.4 Å². The molecule has 11 heteroatoms. The molecule has 45 heavy (non-hydrogen) atoms. The second-order valence-corrected chi connectivity index (χ2v) is 11.4. The number of aromatic nitrogens is 4. The van der Waals surface area contributed by atoms with Crippen LogP contribution in [0.4, 0.5) is 11.4 Å². The zero-order valence-corrected chi connectivity index (χ0v) is 24.9. The summed E-state index contributed by atoms with van der Waals surface area (Å²) in [5.41, 5.74) is 4.45. The Labute approximate surface area is 260 Å². The second kappa shape index (κ2) is 13.0. The van der Waals surface area contributed by atoms with Crippen LogP contribution in [0, 0.1) is 0 Å². The van der Waals surface area contributed by atoms with E-state index in [0.29, 0.717) is 43.1 Å². The fraction of sp³-hybridized carbons (Fsp3) is 0.324. The minimum Gasteiger partial charge on any atom is -0.378 e. The van der Waals surface area contributed by atoms with Gasteiger partial charge in [0.25, 0.3) is 0 Å². The second-order valence-electron chi connectivity index (χ2n) is 11.4. The van der Waals surface area contributed by atoms with E-state index >= 15 is 0 Å². The highest BCUT2D eigenvalue weighted by Gasteiger charge is 2.34. The van der Waals surface area contributed by atoms with Gasteiger partial charge < -0.3 is 19.7 Å². The first-order chi connectivity index (χ1) is 22.1. The van der Waals surface area contributed by atoms with Gasteiger partial charge in [0.2, 0.25) is 11.8 Å². The number of hydrogen-bond donors (Lipinski definition) is 1. The summed E-state index contributed by atoms with van der Waals surface area (Å²) in [6.07, 6.45) is 3.45. The number of carbonyl (C=O) groups excluding carboxylic acids is 2. The number of anilines is 2. The van der Waals surface area contributed by atoms with Crippen molar-refractivity contribution in [2.45, 2.75) is 31.5 Å². The molecule has 2 aliphatic rings. The van der Waals surface area contributed by atoms with Crippen LogP contribution in [0.3, 0.4) is 0 Å². The molecule has 2 amide bonds. The zero-order valence-electron chi connectivity index (χ0n) is 24.9. The molecule has 2 aliphatic heterocycles. The number of pyridine rings is 1. The average molecular weight is 606 g/mol. The van der Waals surface area contributed by atoms with E-state index in [0.717, 1.165) is 48.0 Å². The number of carbonyl (C=O) groups is 2. The van der Waals surface area contributed by atoms with E-state index in [9.17, 15) is 9.59 Å². The number of hydrogen-bond acceptors (Lipinski definition) is 8. The number of benzene rings is 3. The Hall–Kier alpha value is -4.87. The SMILES string of the molecule is O=C(NC[C@H]1CCCO1)[C@@H](c1ccc(N2CCOCC2)cc1)N(C(=O)Cn1nnc2ccccc21)c1cnc2ccccc2c1. The van der Waals surface area contributed by atoms with Crippen LogP contribution in [0.1, 0.15) is 24.4 Å². The van der Waals surface area contributed by atoms with Gasteiger partial charge in [0.05, 0.1) is 42.2 Å². The number of rotatable bonds is 9. The van der Waals surface area contributed by atoms with Crippen molar-refractivity contribution in [3.05, 3.63) is 90.6 Å². The zero-order chi connectivity index (χ0) is 30.6. The molecule has 0 saturated carbocycles. The van der Waals surface area contributed by atoms with Crippen LogP contribution >= 0.6 is 0 Å². The third-order valence-corrected chi connectivity index (χ3v) is 8.45. The lowest BCUT2D eigenvalue weighted by Crippen LogP contribution is -2.46. The number of para-hydroxylation sites is 2. The highest BCUT2D eigenvalue weighted by Crippen LogP contribution is 2.32. The van der Waals surface area contributed by atoms with Gasteiger partial charge in [-0.05, 0) is 54.8 Å². The van der Waals surface area contributed by atoms with Gasteiger partial charge in [-0.2, -0.15) is 0 Å². The third kappa shape index (κ3) is 6.22. The lowest BCUT2D eigenvalue weighted by atomic mass is 10.0. The fourth-order valence-electron chi connectivity index (χ4n) is 6.09. The lowest BCUT2D eigenvalue weighted by molar-refractivity contribution is -0.127. The van der Waals surface area contributed by atoms with Gasteiger partial charge in [0.1, 0.15) is 18.1 Å². The molecule has 7 rings (SSSR count). The van der Waals surface area contributed by atoms with Crippen molar-refractivity contribution in [1.29, 1.82) is 0 Å². The summed E-state index contributed by atoms with van der Waals surface area (Å²) in [6.45, 7) is 3.87. The van der Waals surface area contributed by atoms with E-state index in [1.165, 1.54) is 0 Å². The number of ether oxygens (including phenoxy) is 2. The maximum absolute atomic E-state index is 14.5.